The summed E-state index contributed by atoms with van der Waals surface area (Å²) >= 11 is 1.54. The first-order valence-electron chi connectivity index (χ1n) is 6.23. The Balaban J connectivity index is 3.13. The third-order valence-corrected chi connectivity index (χ3v) is 3.88. The third-order valence-electron chi connectivity index (χ3n) is 3.16. The molecule has 0 bridgehead atoms. The zero-order chi connectivity index (χ0) is 16.2. The van der Waals surface area contributed by atoms with Crippen molar-refractivity contribution in [2.75, 3.05) is 19.1 Å². The van der Waals surface area contributed by atoms with Crippen molar-refractivity contribution in [1.82, 2.24) is 4.90 Å². The lowest BCUT2D eigenvalue weighted by molar-refractivity contribution is -0.387. The van der Waals surface area contributed by atoms with Crippen LogP contribution in [0.3, 0.4) is 0 Å². The molecule has 0 saturated heterocycles. The number of benzene rings is 1. The highest BCUT2D eigenvalue weighted by Gasteiger charge is 2.26. The molecule has 0 spiro atoms. The van der Waals surface area contributed by atoms with Gasteiger partial charge in [0.25, 0.3) is 5.91 Å². The first-order valence-corrected chi connectivity index (χ1v) is 7.62. The smallest absolute Gasteiger partial charge is 0.307 e. The summed E-state index contributed by atoms with van der Waals surface area (Å²) in [6.45, 7) is 1.89. The molecule has 0 aliphatic heterocycles. The van der Waals surface area contributed by atoms with Crippen molar-refractivity contribution >= 4 is 23.4 Å². The van der Waals surface area contributed by atoms with Crippen LogP contribution in [0.25, 0.3) is 0 Å². The number of hydrogen-bond donors (Lipinski definition) is 0. The number of carbonyl (C=O) groups is 1. The van der Waals surface area contributed by atoms with E-state index in [4.69, 9.17) is 0 Å². The second-order valence-corrected chi connectivity index (χ2v) is 5.38. The minimum absolute atomic E-state index is 0.120. The van der Waals surface area contributed by atoms with Gasteiger partial charge < -0.3 is 4.90 Å². The van der Waals surface area contributed by atoms with E-state index in [2.05, 4.69) is 0 Å². The van der Waals surface area contributed by atoms with Crippen LogP contribution in [0, 0.1) is 21.7 Å². The molecule has 8 heteroatoms. The van der Waals surface area contributed by atoms with Gasteiger partial charge in [0.15, 0.2) is 0 Å². The predicted molar refractivity (Wildman–Crippen MR) is 77.6 cm³/mol. The Morgan fingerprint density at radius 1 is 1.43 bits per heavy atom. The number of amides is 1. The molecule has 0 saturated carbocycles. The maximum Gasteiger partial charge on any atom is 0.307 e. The molecule has 0 aliphatic rings. The van der Waals surface area contributed by atoms with Crippen LogP contribution in [-0.2, 0) is 0 Å². The molecule has 1 atom stereocenters. The summed E-state index contributed by atoms with van der Waals surface area (Å²) in [6, 6.07) is 0.898. The second-order valence-electron chi connectivity index (χ2n) is 4.47. The van der Waals surface area contributed by atoms with Gasteiger partial charge in [-0.05, 0) is 18.7 Å². The quantitative estimate of drug-likeness (QED) is 0.597. The molecule has 0 fully saturated rings. The van der Waals surface area contributed by atoms with E-state index in [-0.39, 0.29) is 6.04 Å². The van der Waals surface area contributed by atoms with Crippen LogP contribution in [0.5, 0.6) is 0 Å². The summed E-state index contributed by atoms with van der Waals surface area (Å²) in [4.78, 5) is 23.0. The van der Waals surface area contributed by atoms with Gasteiger partial charge in [-0.25, -0.2) is 4.39 Å². The third kappa shape index (κ3) is 3.90. The predicted octanol–water partition coefficient (Wildman–Crippen LogP) is 3.09. The van der Waals surface area contributed by atoms with Crippen LogP contribution in [-0.4, -0.2) is 40.8 Å². The van der Waals surface area contributed by atoms with E-state index in [0.29, 0.717) is 24.3 Å². The molecule has 0 heterocycles. The molecule has 5 nitrogen and oxygen atoms in total. The van der Waals surface area contributed by atoms with Gasteiger partial charge in [-0.15, -0.1) is 0 Å². The van der Waals surface area contributed by atoms with Gasteiger partial charge >= 0.3 is 5.69 Å². The molecule has 1 aromatic rings. The summed E-state index contributed by atoms with van der Waals surface area (Å²) < 4.78 is 27.4. The molecule has 0 radical (unpaired) electrons. The summed E-state index contributed by atoms with van der Waals surface area (Å²) in [7, 11) is 1.51. The van der Waals surface area contributed by atoms with Crippen LogP contribution >= 0.6 is 11.8 Å². The van der Waals surface area contributed by atoms with Crippen LogP contribution in [0.4, 0.5) is 14.5 Å². The van der Waals surface area contributed by atoms with Crippen molar-refractivity contribution in [3.63, 3.8) is 0 Å². The lowest BCUT2D eigenvalue weighted by Gasteiger charge is -2.27. The molecular weight excluding hydrogens is 302 g/mol. The Hall–Kier alpha value is -1.70. The lowest BCUT2D eigenvalue weighted by Crippen LogP contribution is -2.38. The molecule has 1 unspecified atom stereocenters. The van der Waals surface area contributed by atoms with Crippen molar-refractivity contribution in [3.05, 3.63) is 39.4 Å². The van der Waals surface area contributed by atoms with Crippen LogP contribution in [0.15, 0.2) is 12.1 Å². The Morgan fingerprint density at radius 2 is 2.05 bits per heavy atom. The van der Waals surface area contributed by atoms with Crippen molar-refractivity contribution in [2.24, 2.45) is 0 Å². The highest BCUT2D eigenvalue weighted by molar-refractivity contribution is 7.98. The zero-order valence-electron chi connectivity index (χ0n) is 11.9. The van der Waals surface area contributed by atoms with Gasteiger partial charge in [0.05, 0.1) is 16.6 Å². The highest BCUT2D eigenvalue weighted by atomic mass is 32.2. The van der Waals surface area contributed by atoms with E-state index in [1.54, 1.807) is 0 Å². The lowest BCUT2D eigenvalue weighted by atomic mass is 10.1. The molecular formula is C13H16F2N2O3S. The van der Waals surface area contributed by atoms with Crippen molar-refractivity contribution in [3.8, 4) is 0 Å². The summed E-state index contributed by atoms with van der Waals surface area (Å²) in [5.74, 6) is -2.35. The fraction of sp³-hybridized carbons (Fsp3) is 0.462. The number of hydrogen-bond acceptors (Lipinski definition) is 4. The standard InChI is InChI=1S/C13H16F2N2O3S/c1-4-8(7-21-3)16(2)13(18)9-5-11(15)12(17(19)20)6-10(9)14/h5-6,8H,4,7H2,1-3H3. The second kappa shape index (κ2) is 7.35. The maximum atomic E-state index is 13.8. The molecule has 0 aliphatic carbocycles. The number of nitrogens with zero attached hydrogens (tertiary/aromatic N) is 2. The molecule has 0 aromatic heterocycles. The average Bonchev–Trinajstić information content (AvgIpc) is 2.44. The van der Waals surface area contributed by atoms with Gasteiger partial charge in [-0.2, -0.15) is 16.2 Å². The number of rotatable bonds is 6. The Morgan fingerprint density at radius 3 is 2.52 bits per heavy atom. The van der Waals surface area contributed by atoms with Gasteiger partial charge in [-0.1, -0.05) is 6.92 Å². The fourth-order valence-corrected chi connectivity index (χ4v) is 2.74. The molecule has 0 N–H and O–H groups in total. The average molecular weight is 318 g/mol. The molecule has 21 heavy (non-hydrogen) atoms. The van der Waals surface area contributed by atoms with E-state index in [1.165, 1.54) is 23.7 Å². The molecule has 1 aromatic carbocycles. The first-order chi connectivity index (χ1) is 9.83. The van der Waals surface area contributed by atoms with E-state index in [9.17, 15) is 23.7 Å². The number of nitro groups is 1. The number of nitro benzene ring substituents is 1. The zero-order valence-corrected chi connectivity index (χ0v) is 12.7. The van der Waals surface area contributed by atoms with Gasteiger partial charge in [0.2, 0.25) is 5.82 Å². The van der Waals surface area contributed by atoms with Gasteiger partial charge in [-0.3, -0.25) is 14.9 Å². The van der Waals surface area contributed by atoms with Crippen LogP contribution in [0.2, 0.25) is 0 Å². The molecule has 1 rings (SSSR count). The Labute approximate surface area is 125 Å². The number of thioether (sulfide) groups is 1. The Kier molecular flexibility index (Phi) is 6.07. The first kappa shape index (κ1) is 17.4. The highest BCUT2D eigenvalue weighted by Crippen LogP contribution is 2.23. The van der Waals surface area contributed by atoms with E-state index in [1.807, 2.05) is 13.2 Å². The SMILES string of the molecule is CCC(CSC)N(C)C(=O)c1cc(F)c([N+](=O)[O-])cc1F. The van der Waals surface area contributed by atoms with Gasteiger partial charge in [0.1, 0.15) is 5.82 Å². The van der Waals surface area contributed by atoms with Crippen LogP contribution in [0.1, 0.15) is 23.7 Å². The topological polar surface area (TPSA) is 63.5 Å². The summed E-state index contributed by atoms with van der Waals surface area (Å²) in [6.07, 6.45) is 2.55. The van der Waals surface area contributed by atoms with Crippen molar-refractivity contribution in [1.29, 1.82) is 0 Å². The number of carbonyl (C=O) groups excluding carboxylic acids is 1. The number of halogens is 2. The van der Waals surface area contributed by atoms with Crippen molar-refractivity contribution < 1.29 is 18.5 Å². The van der Waals surface area contributed by atoms with E-state index >= 15 is 0 Å². The largest absolute Gasteiger partial charge is 0.338 e. The van der Waals surface area contributed by atoms with E-state index in [0.717, 1.165) is 0 Å². The minimum atomic E-state index is -1.23. The summed E-state index contributed by atoms with van der Waals surface area (Å²) in [5.41, 5.74) is -1.48. The maximum absolute atomic E-state index is 13.8. The molecule has 116 valence electrons. The minimum Gasteiger partial charge on any atom is -0.338 e. The van der Waals surface area contributed by atoms with Crippen LogP contribution < -0.4 is 0 Å². The van der Waals surface area contributed by atoms with Crippen molar-refractivity contribution in [2.45, 2.75) is 19.4 Å². The van der Waals surface area contributed by atoms with E-state index < -0.39 is 33.7 Å². The molecule has 1 amide bonds. The summed E-state index contributed by atoms with van der Waals surface area (Å²) in [5, 5.41) is 10.5. The normalized spacial score (nSPS) is 12.0. The Bertz CT molecular complexity index is 554. The monoisotopic (exact) mass is 318 g/mol. The fourth-order valence-electron chi connectivity index (χ4n) is 1.89. The van der Waals surface area contributed by atoms with Gasteiger partial charge in [0, 0.05) is 18.8 Å².